The van der Waals surface area contributed by atoms with Crippen molar-refractivity contribution >= 4 is 28.5 Å². The Morgan fingerprint density at radius 3 is 2.79 bits per heavy atom. The van der Waals surface area contributed by atoms with Crippen molar-refractivity contribution in [2.45, 2.75) is 0 Å². The summed E-state index contributed by atoms with van der Waals surface area (Å²) >= 11 is 5.51. The quantitative estimate of drug-likeness (QED) is 0.794. The second-order valence-electron chi connectivity index (χ2n) is 2.72. The van der Waals surface area contributed by atoms with Crippen LogP contribution in [0.3, 0.4) is 0 Å². The van der Waals surface area contributed by atoms with Gasteiger partial charge in [0.1, 0.15) is 11.4 Å². The van der Waals surface area contributed by atoms with Crippen LogP contribution < -0.4 is 0 Å². The van der Waals surface area contributed by atoms with Gasteiger partial charge in [0.2, 0.25) is 5.76 Å². The average molecular weight is 215 g/mol. The molecule has 0 fully saturated rings. The van der Waals surface area contributed by atoms with E-state index in [9.17, 15) is 9.18 Å². The topological polar surface area (TPSA) is 50.4 Å². The summed E-state index contributed by atoms with van der Waals surface area (Å²) < 4.78 is 17.8. The Morgan fingerprint density at radius 1 is 1.43 bits per heavy atom. The van der Waals surface area contributed by atoms with E-state index in [1.807, 2.05) is 0 Å². The van der Waals surface area contributed by atoms with Crippen molar-refractivity contribution in [3.63, 3.8) is 0 Å². The highest BCUT2D eigenvalue weighted by Crippen LogP contribution is 2.25. The first kappa shape index (κ1) is 9.02. The standard InChI is InChI=1S/C9H4ClFO3/c10-5-1-4-2-8(9(12)13)14-7(4)3-6(5)11/h1-3H,(H,12,13). The first-order valence-electron chi connectivity index (χ1n) is 3.70. The summed E-state index contributed by atoms with van der Waals surface area (Å²) in [6.07, 6.45) is 0. The van der Waals surface area contributed by atoms with Gasteiger partial charge in [0.25, 0.3) is 0 Å². The molecule has 1 aromatic carbocycles. The number of fused-ring (bicyclic) bond motifs is 1. The summed E-state index contributed by atoms with van der Waals surface area (Å²) in [4.78, 5) is 10.5. The maximum Gasteiger partial charge on any atom is 0.371 e. The van der Waals surface area contributed by atoms with E-state index < -0.39 is 11.8 Å². The molecule has 0 spiro atoms. The van der Waals surface area contributed by atoms with Crippen LogP contribution in [0.5, 0.6) is 0 Å². The lowest BCUT2D eigenvalue weighted by Crippen LogP contribution is -1.91. The highest BCUT2D eigenvalue weighted by molar-refractivity contribution is 6.31. The Kier molecular flexibility index (Phi) is 1.93. The van der Waals surface area contributed by atoms with Crippen LogP contribution in [0, 0.1) is 5.82 Å². The minimum atomic E-state index is -1.20. The molecule has 0 bridgehead atoms. The smallest absolute Gasteiger partial charge is 0.371 e. The third-order valence-electron chi connectivity index (χ3n) is 1.77. The first-order valence-corrected chi connectivity index (χ1v) is 4.07. The molecule has 0 saturated carbocycles. The van der Waals surface area contributed by atoms with Gasteiger partial charge in [0.15, 0.2) is 0 Å². The molecule has 5 heteroatoms. The van der Waals surface area contributed by atoms with Gasteiger partial charge in [-0.15, -0.1) is 0 Å². The predicted octanol–water partition coefficient (Wildman–Crippen LogP) is 2.92. The van der Waals surface area contributed by atoms with E-state index in [0.29, 0.717) is 5.39 Å². The van der Waals surface area contributed by atoms with Crippen molar-refractivity contribution in [1.82, 2.24) is 0 Å². The summed E-state index contributed by atoms with van der Waals surface area (Å²) in [5.41, 5.74) is 0.171. The zero-order valence-corrected chi connectivity index (χ0v) is 7.51. The molecule has 0 aliphatic rings. The van der Waals surface area contributed by atoms with Crippen LogP contribution in [0.2, 0.25) is 5.02 Å². The van der Waals surface area contributed by atoms with E-state index in [-0.39, 0.29) is 16.4 Å². The summed E-state index contributed by atoms with van der Waals surface area (Å²) in [5.74, 6) is -2.06. The second kappa shape index (κ2) is 2.99. The molecule has 0 aliphatic heterocycles. The molecule has 3 nitrogen and oxygen atoms in total. The van der Waals surface area contributed by atoms with Crippen LogP contribution in [0.4, 0.5) is 4.39 Å². The molecule has 1 heterocycles. The summed E-state index contributed by atoms with van der Waals surface area (Å²) in [6.45, 7) is 0. The molecule has 2 aromatic rings. The summed E-state index contributed by atoms with van der Waals surface area (Å²) in [5, 5.41) is 9.01. The molecule has 0 saturated heterocycles. The van der Waals surface area contributed by atoms with Crippen molar-refractivity contribution in [2.75, 3.05) is 0 Å². The van der Waals surface area contributed by atoms with Gasteiger partial charge in [0.05, 0.1) is 5.02 Å². The highest BCUT2D eigenvalue weighted by atomic mass is 35.5. The zero-order chi connectivity index (χ0) is 10.3. The number of hydrogen-bond acceptors (Lipinski definition) is 2. The van der Waals surface area contributed by atoms with Crippen LogP contribution in [0.25, 0.3) is 11.0 Å². The van der Waals surface area contributed by atoms with Crippen molar-refractivity contribution in [2.24, 2.45) is 0 Å². The van der Waals surface area contributed by atoms with Crippen molar-refractivity contribution in [3.8, 4) is 0 Å². The molecule has 14 heavy (non-hydrogen) atoms. The Morgan fingerprint density at radius 2 is 2.14 bits per heavy atom. The van der Waals surface area contributed by atoms with Gasteiger partial charge in [-0.3, -0.25) is 0 Å². The fourth-order valence-corrected chi connectivity index (χ4v) is 1.31. The minimum absolute atomic E-state index is 0.0600. The maximum atomic E-state index is 12.9. The lowest BCUT2D eigenvalue weighted by atomic mass is 10.2. The van der Waals surface area contributed by atoms with Gasteiger partial charge < -0.3 is 9.52 Å². The number of benzene rings is 1. The van der Waals surface area contributed by atoms with Gasteiger partial charge in [-0.1, -0.05) is 11.6 Å². The van der Waals surface area contributed by atoms with E-state index in [2.05, 4.69) is 0 Å². The molecule has 0 atom stereocenters. The zero-order valence-electron chi connectivity index (χ0n) is 6.75. The molecule has 72 valence electrons. The van der Waals surface area contributed by atoms with Gasteiger partial charge in [-0.25, -0.2) is 9.18 Å². The van der Waals surface area contributed by atoms with Crippen LogP contribution in [0.1, 0.15) is 10.6 Å². The first-order chi connectivity index (χ1) is 6.58. The fraction of sp³-hybridized carbons (Fsp3) is 0. The summed E-state index contributed by atoms with van der Waals surface area (Å²) in [6, 6.07) is 3.68. The largest absolute Gasteiger partial charge is 0.475 e. The van der Waals surface area contributed by atoms with Crippen LogP contribution in [-0.2, 0) is 0 Å². The molecule has 1 N–H and O–H groups in total. The van der Waals surface area contributed by atoms with Crippen molar-refractivity contribution < 1.29 is 18.7 Å². The lowest BCUT2D eigenvalue weighted by molar-refractivity contribution is 0.0665. The maximum absolute atomic E-state index is 12.9. The Labute approximate surface area is 82.7 Å². The number of rotatable bonds is 1. The Balaban J connectivity index is 2.72. The average Bonchev–Trinajstić information content (AvgIpc) is 2.48. The summed E-state index contributed by atoms with van der Waals surface area (Å²) in [7, 11) is 0. The van der Waals surface area contributed by atoms with Crippen LogP contribution in [-0.4, -0.2) is 11.1 Å². The molecular weight excluding hydrogens is 211 g/mol. The monoisotopic (exact) mass is 214 g/mol. The molecule has 0 unspecified atom stereocenters. The van der Waals surface area contributed by atoms with E-state index >= 15 is 0 Å². The van der Waals surface area contributed by atoms with Crippen molar-refractivity contribution in [3.05, 3.63) is 34.8 Å². The van der Waals surface area contributed by atoms with Gasteiger partial charge in [-0.05, 0) is 12.1 Å². The minimum Gasteiger partial charge on any atom is -0.475 e. The Hall–Kier alpha value is -1.55. The normalized spacial score (nSPS) is 10.7. The van der Waals surface area contributed by atoms with Crippen molar-refractivity contribution in [1.29, 1.82) is 0 Å². The number of hydrogen-bond donors (Lipinski definition) is 1. The van der Waals surface area contributed by atoms with E-state index in [1.165, 1.54) is 12.1 Å². The molecule has 0 radical (unpaired) electrons. The van der Waals surface area contributed by atoms with Gasteiger partial charge in [0, 0.05) is 11.5 Å². The number of furan rings is 1. The van der Waals surface area contributed by atoms with E-state index in [1.54, 1.807) is 0 Å². The number of halogens is 2. The van der Waals surface area contributed by atoms with Gasteiger partial charge in [-0.2, -0.15) is 0 Å². The Bertz CT molecular complexity index is 479. The third kappa shape index (κ3) is 1.33. The molecule has 0 amide bonds. The number of aromatic carboxylic acids is 1. The fourth-order valence-electron chi connectivity index (χ4n) is 1.14. The van der Waals surface area contributed by atoms with Crippen LogP contribution >= 0.6 is 11.6 Å². The molecule has 1 aromatic heterocycles. The number of carboxylic acid groups (broad SMARTS) is 1. The van der Waals surface area contributed by atoms with Crippen LogP contribution in [0.15, 0.2) is 22.6 Å². The third-order valence-corrected chi connectivity index (χ3v) is 2.06. The molecule has 0 aliphatic carbocycles. The number of carboxylic acids is 1. The SMILES string of the molecule is O=C(O)c1cc2cc(Cl)c(F)cc2o1. The van der Waals surface area contributed by atoms with E-state index in [4.69, 9.17) is 21.1 Å². The molecule has 2 rings (SSSR count). The second-order valence-corrected chi connectivity index (χ2v) is 3.13. The number of carbonyl (C=O) groups is 1. The highest BCUT2D eigenvalue weighted by Gasteiger charge is 2.12. The van der Waals surface area contributed by atoms with Gasteiger partial charge >= 0.3 is 5.97 Å². The lowest BCUT2D eigenvalue weighted by Gasteiger charge is -1.91. The molecular formula is C9H4ClFO3. The van der Waals surface area contributed by atoms with E-state index in [0.717, 1.165) is 6.07 Å². The predicted molar refractivity (Wildman–Crippen MR) is 48.1 cm³/mol.